The van der Waals surface area contributed by atoms with Gasteiger partial charge in [-0.05, 0) is 26.0 Å². The van der Waals surface area contributed by atoms with Crippen molar-refractivity contribution in [2.75, 3.05) is 20.7 Å². The Morgan fingerprint density at radius 2 is 2.17 bits per heavy atom. The zero-order chi connectivity index (χ0) is 13.0. The van der Waals surface area contributed by atoms with Crippen LogP contribution >= 0.6 is 0 Å². The van der Waals surface area contributed by atoms with Gasteiger partial charge >= 0.3 is 0 Å². The van der Waals surface area contributed by atoms with Gasteiger partial charge in [0.1, 0.15) is 5.75 Å². The van der Waals surface area contributed by atoms with Crippen LogP contribution in [0.3, 0.4) is 0 Å². The molecular formula is C15H23NO2. The van der Waals surface area contributed by atoms with Gasteiger partial charge in [-0.2, -0.15) is 0 Å². The largest absolute Gasteiger partial charge is 0.496 e. The maximum atomic E-state index is 11.1. The van der Waals surface area contributed by atoms with Gasteiger partial charge in [-0.25, -0.2) is 0 Å². The summed E-state index contributed by atoms with van der Waals surface area (Å²) >= 11 is 0. The minimum absolute atomic E-state index is 0.257. The van der Waals surface area contributed by atoms with Crippen molar-refractivity contribution in [3.05, 3.63) is 29.8 Å². The van der Waals surface area contributed by atoms with E-state index in [4.69, 9.17) is 4.74 Å². The van der Waals surface area contributed by atoms with Crippen LogP contribution in [-0.4, -0.2) is 25.8 Å². The lowest BCUT2D eigenvalue weighted by molar-refractivity contribution is -0.0544. The van der Waals surface area contributed by atoms with Crippen molar-refractivity contribution >= 4 is 0 Å². The minimum atomic E-state index is -0.756. The molecule has 3 heteroatoms. The van der Waals surface area contributed by atoms with Gasteiger partial charge in [0.2, 0.25) is 0 Å². The van der Waals surface area contributed by atoms with Crippen LogP contribution in [-0.2, 0) is 5.60 Å². The molecule has 1 aromatic carbocycles. The maximum Gasteiger partial charge on any atom is 0.124 e. The zero-order valence-corrected chi connectivity index (χ0v) is 11.3. The third-order valence-electron chi connectivity index (χ3n) is 4.06. The van der Waals surface area contributed by atoms with E-state index in [9.17, 15) is 5.11 Å². The second-order valence-electron chi connectivity index (χ2n) is 5.12. The Morgan fingerprint density at radius 1 is 1.39 bits per heavy atom. The molecule has 0 heterocycles. The van der Waals surface area contributed by atoms with E-state index in [1.807, 2.05) is 31.3 Å². The molecule has 0 radical (unpaired) electrons. The molecular weight excluding hydrogens is 226 g/mol. The van der Waals surface area contributed by atoms with E-state index < -0.39 is 5.60 Å². The van der Waals surface area contributed by atoms with E-state index in [2.05, 4.69) is 5.32 Å². The number of hydrogen-bond donors (Lipinski definition) is 2. The van der Waals surface area contributed by atoms with Gasteiger partial charge in [-0.1, -0.05) is 31.0 Å². The van der Waals surface area contributed by atoms with E-state index in [-0.39, 0.29) is 5.92 Å². The molecule has 0 spiro atoms. The van der Waals surface area contributed by atoms with Gasteiger partial charge < -0.3 is 15.2 Å². The van der Waals surface area contributed by atoms with Crippen LogP contribution in [0.4, 0.5) is 0 Å². The molecule has 1 saturated carbocycles. The zero-order valence-electron chi connectivity index (χ0n) is 11.3. The third kappa shape index (κ3) is 2.38. The Hall–Kier alpha value is -1.06. The summed E-state index contributed by atoms with van der Waals surface area (Å²) < 4.78 is 5.41. The molecule has 0 aromatic heterocycles. The molecule has 0 saturated heterocycles. The summed E-state index contributed by atoms with van der Waals surface area (Å²) in [7, 11) is 3.61. The third-order valence-corrected chi connectivity index (χ3v) is 4.06. The average molecular weight is 249 g/mol. The highest BCUT2D eigenvalue weighted by atomic mass is 16.5. The molecule has 100 valence electrons. The predicted octanol–water partition coefficient (Wildman–Crippen LogP) is 2.29. The Morgan fingerprint density at radius 3 is 2.89 bits per heavy atom. The number of para-hydroxylation sites is 1. The smallest absolute Gasteiger partial charge is 0.124 e. The van der Waals surface area contributed by atoms with Crippen LogP contribution in [0.2, 0.25) is 0 Å². The fourth-order valence-electron chi connectivity index (χ4n) is 3.10. The number of hydrogen-bond acceptors (Lipinski definition) is 3. The van der Waals surface area contributed by atoms with Crippen molar-refractivity contribution < 1.29 is 9.84 Å². The molecule has 18 heavy (non-hydrogen) atoms. The first-order valence-electron chi connectivity index (χ1n) is 6.73. The van der Waals surface area contributed by atoms with Crippen molar-refractivity contribution in [2.45, 2.75) is 31.3 Å². The Kier molecular flexibility index (Phi) is 4.25. The van der Waals surface area contributed by atoms with Gasteiger partial charge in [0.15, 0.2) is 0 Å². The number of methoxy groups -OCH3 is 1. The van der Waals surface area contributed by atoms with Crippen molar-refractivity contribution in [3.8, 4) is 5.75 Å². The lowest BCUT2D eigenvalue weighted by atomic mass is 9.71. The van der Waals surface area contributed by atoms with Gasteiger partial charge in [-0.3, -0.25) is 0 Å². The summed E-state index contributed by atoms with van der Waals surface area (Å²) in [6.07, 6.45) is 4.16. The highest BCUT2D eigenvalue weighted by molar-refractivity contribution is 5.38. The standard InChI is InChI=1S/C15H23NO2/c1-16-11-12-7-5-6-10-15(12,17)13-8-3-4-9-14(13)18-2/h3-4,8-9,12,16-17H,5-7,10-11H2,1-2H3. The highest BCUT2D eigenvalue weighted by Crippen LogP contribution is 2.44. The van der Waals surface area contributed by atoms with E-state index in [0.29, 0.717) is 0 Å². The topological polar surface area (TPSA) is 41.5 Å². The summed E-state index contributed by atoms with van der Waals surface area (Å²) in [6, 6.07) is 7.84. The van der Waals surface area contributed by atoms with E-state index in [0.717, 1.165) is 37.1 Å². The predicted molar refractivity (Wildman–Crippen MR) is 72.8 cm³/mol. The lowest BCUT2D eigenvalue weighted by Gasteiger charge is -2.41. The molecule has 3 nitrogen and oxygen atoms in total. The molecule has 0 amide bonds. The fourth-order valence-corrected chi connectivity index (χ4v) is 3.10. The molecule has 1 aromatic rings. The monoisotopic (exact) mass is 249 g/mol. The van der Waals surface area contributed by atoms with Crippen LogP contribution in [0.15, 0.2) is 24.3 Å². The first-order valence-corrected chi connectivity index (χ1v) is 6.73. The maximum absolute atomic E-state index is 11.1. The van der Waals surface area contributed by atoms with Crippen molar-refractivity contribution in [1.82, 2.24) is 5.32 Å². The molecule has 2 unspecified atom stereocenters. The van der Waals surface area contributed by atoms with E-state index >= 15 is 0 Å². The number of rotatable bonds is 4. The lowest BCUT2D eigenvalue weighted by Crippen LogP contribution is -2.42. The summed E-state index contributed by atoms with van der Waals surface area (Å²) in [5.74, 6) is 1.05. The first-order chi connectivity index (χ1) is 8.72. The molecule has 1 fully saturated rings. The normalized spacial score (nSPS) is 28.1. The highest BCUT2D eigenvalue weighted by Gasteiger charge is 2.41. The van der Waals surface area contributed by atoms with Crippen molar-refractivity contribution in [2.24, 2.45) is 5.92 Å². The molecule has 2 rings (SSSR count). The Labute approximate surface area is 109 Å². The fraction of sp³-hybridized carbons (Fsp3) is 0.600. The second kappa shape index (κ2) is 5.72. The van der Waals surface area contributed by atoms with Crippen molar-refractivity contribution in [3.63, 3.8) is 0 Å². The molecule has 1 aliphatic carbocycles. The van der Waals surface area contributed by atoms with Crippen molar-refractivity contribution in [1.29, 1.82) is 0 Å². The first kappa shape index (κ1) is 13.4. The van der Waals surface area contributed by atoms with Gasteiger partial charge in [-0.15, -0.1) is 0 Å². The minimum Gasteiger partial charge on any atom is -0.496 e. The summed E-state index contributed by atoms with van der Waals surface area (Å²) in [4.78, 5) is 0. The number of ether oxygens (including phenoxy) is 1. The van der Waals surface area contributed by atoms with Crippen LogP contribution in [0, 0.1) is 5.92 Å². The number of aliphatic hydroxyl groups is 1. The number of benzene rings is 1. The van der Waals surface area contributed by atoms with E-state index in [1.165, 1.54) is 6.42 Å². The molecule has 2 atom stereocenters. The van der Waals surface area contributed by atoms with E-state index in [1.54, 1.807) is 7.11 Å². The van der Waals surface area contributed by atoms with Crippen LogP contribution in [0.5, 0.6) is 5.75 Å². The molecule has 0 bridgehead atoms. The number of nitrogens with one attached hydrogen (secondary N) is 1. The van der Waals surface area contributed by atoms with Gasteiger partial charge in [0, 0.05) is 18.0 Å². The SMILES string of the molecule is CNCC1CCCCC1(O)c1ccccc1OC. The van der Waals surface area contributed by atoms with Crippen LogP contribution in [0.25, 0.3) is 0 Å². The average Bonchev–Trinajstić information content (AvgIpc) is 2.42. The Bertz CT molecular complexity index is 392. The van der Waals surface area contributed by atoms with Gasteiger partial charge in [0.05, 0.1) is 12.7 Å². The second-order valence-corrected chi connectivity index (χ2v) is 5.12. The molecule has 2 N–H and O–H groups in total. The van der Waals surface area contributed by atoms with Crippen LogP contribution in [0.1, 0.15) is 31.2 Å². The molecule has 0 aliphatic heterocycles. The summed E-state index contributed by atoms with van der Waals surface area (Å²) in [5.41, 5.74) is 0.181. The summed E-state index contributed by atoms with van der Waals surface area (Å²) in [6.45, 7) is 0.842. The van der Waals surface area contributed by atoms with Crippen LogP contribution < -0.4 is 10.1 Å². The van der Waals surface area contributed by atoms with Gasteiger partial charge in [0.25, 0.3) is 0 Å². The Balaban J connectivity index is 2.37. The summed E-state index contributed by atoms with van der Waals surface area (Å²) in [5, 5.41) is 14.3. The quantitative estimate of drug-likeness (QED) is 0.860. The molecule has 1 aliphatic rings.